The van der Waals surface area contributed by atoms with Crippen molar-refractivity contribution in [2.24, 2.45) is 5.41 Å². The second kappa shape index (κ2) is 7.51. The zero-order valence-corrected chi connectivity index (χ0v) is 14.2. The number of amides is 1. The first-order valence-corrected chi connectivity index (χ1v) is 8.68. The van der Waals surface area contributed by atoms with E-state index >= 15 is 0 Å². The number of nitrogens with zero attached hydrogens (tertiary/aromatic N) is 1. The smallest absolute Gasteiger partial charge is 0.310 e. The molecule has 1 saturated carbocycles. The summed E-state index contributed by atoms with van der Waals surface area (Å²) in [7, 11) is 0. The molecule has 4 nitrogen and oxygen atoms in total. The summed E-state index contributed by atoms with van der Waals surface area (Å²) in [6, 6.07) is 19.6. The zero-order chi connectivity index (χ0) is 17.7. The highest BCUT2D eigenvalue weighted by atomic mass is 16.4. The van der Waals surface area contributed by atoms with Gasteiger partial charge in [-0.3, -0.25) is 9.59 Å². The predicted octanol–water partition coefficient (Wildman–Crippen LogP) is 3.86. The minimum absolute atomic E-state index is 0.0853. The number of aliphatic carboxylic acids is 1. The highest BCUT2D eigenvalue weighted by Gasteiger charge is 2.46. The second-order valence-corrected chi connectivity index (χ2v) is 6.84. The number of carboxylic acids is 1. The fourth-order valence-corrected chi connectivity index (χ4v) is 3.31. The van der Waals surface area contributed by atoms with Crippen molar-refractivity contribution < 1.29 is 14.7 Å². The van der Waals surface area contributed by atoms with E-state index in [4.69, 9.17) is 0 Å². The Bertz CT molecular complexity index is 682. The third-order valence-corrected chi connectivity index (χ3v) is 5.04. The molecule has 0 spiro atoms. The molecule has 25 heavy (non-hydrogen) atoms. The van der Waals surface area contributed by atoms with Crippen LogP contribution in [0, 0.1) is 5.41 Å². The third kappa shape index (κ3) is 4.08. The Morgan fingerprint density at radius 2 is 1.36 bits per heavy atom. The second-order valence-electron chi connectivity index (χ2n) is 6.84. The first kappa shape index (κ1) is 17.2. The van der Waals surface area contributed by atoms with E-state index in [1.807, 2.05) is 60.7 Å². The van der Waals surface area contributed by atoms with Crippen LogP contribution in [0.2, 0.25) is 0 Å². The Morgan fingerprint density at radius 3 is 1.72 bits per heavy atom. The molecular formula is C21H23NO3. The molecule has 2 aromatic rings. The van der Waals surface area contributed by atoms with Crippen LogP contribution < -0.4 is 0 Å². The van der Waals surface area contributed by atoms with E-state index in [-0.39, 0.29) is 12.3 Å². The molecule has 0 aliphatic heterocycles. The van der Waals surface area contributed by atoms with Gasteiger partial charge in [0.1, 0.15) is 0 Å². The van der Waals surface area contributed by atoms with Crippen LogP contribution in [0.15, 0.2) is 60.7 Å². The lowest BCUT2D eigenvalue weighted by Crippen LogP contribution is -2.43. The number of hydrogen-bond donors (Lipinski definition) is 1. The lowest BCUT2D eigenvalue weighted by atomic mass is 9.66. The summed E-state index contributed by atoms with van der Waals surface area (Å²) < 4.78 is 0. The first-order chi connectivity index (χ1) is 12.1. The van der Waals surface area contributed by atoms with E-state index in [1.165, 1.54) is 0 Å². The summed E-state index contributed by atoms with van der Waals surface area (Å²) in [5, 5.41) is 9.52. The Labute approximate surface area is 148 Å². The number of carbonyl (C=O) groups is 2. The van der Waals surface area contributed by atoms with Crippen LogP contribution in [0.25, 0.3) is 0 Å². The van der Waals surface area contributed by atoms with E-state index in [0.29, 0.717) is 25.9 Å². The number of carbonyl (C=O) groups excluding carboxylic acids is 1. The number of rotatable bonds is 7. The summed E-state index contributed by atoms with van der Waals surface area (Å²) in [5.41, 5.74) is 1.23. The molecule has 0 atom stereocenters. The minimum Gasteiger partial charge on any atom is -0.481 e. The molecule has 1 N–H and O–H groups in total. The molecule has 4 heteroatoms. The lowest BCUT2D eigenvalue weighted by molar-refractivity contribution is -0.159. The minimum atomic E-state index is -0.858. The molecule has 0 heterocycles. The van der Waals surface area contributed by atoms with Crippen molar-refractivity contribution in [3.63, 3.8) is 0 Å². The summed E-state index contributed by atoms with van der Waals surface area (Å²) in [5.74, 6) is -0.929. The molecule has 0 aromatic heterocycles. The molecule has 1 amide bonds. The maximum atomic E-state index is 12.9. The van der Waals surface area contributed by atoms with Gasteiger partial charge in [0, 0.05) is 19.5 Å². The summed E-state index contributed by atoms with van der Waals surface area (Å²) >= 11 is 0. The van der Waals surface area contributed by atoms with Crippen LogP contribution >= 0.6 is 0 Å². The van der Waals surface area contributed by atoms with Crippen LogP contribution in [0.1, 0.15) is 36.8 Å². The lowest BCUT2D eigenvalue weighted by Gasteiger charge is -2.38. The van der Waals surface area contributed by atoms with Gasteiger partial charge in [-0.25, -0.2) is 0 Å². The largest absolute Gasteiger partial charge is 0.481 e. The SMILES string of the molecule is O=C(CC1(C(=O)O)CCC1)N(Cc1ccccc1)Cc1ccccc1. The highest BCUT2D eigenvalue weighted by Crippen LogP contribution is 2.44. The molecular weight excluding hydrogens is 314 g/mol. The van der Waals surface area contributed by atoms with Gasteiger partial charge < -0.3 is 10.0 Å². The van der Waals surface area contributed by atoms with E-state index < -0.39 is 11.4 Å². The molecule has 130 valence electrons. The van der Waals surface area contributed by atoms with Gasteiger partial charge in [-0.2, -0.15) is 0 Å². The molecule has 1 aliphatic carbocycles. The van der Waals surface area contributed by atoms with Crippen molar-refractivity contribution in [2.45, 2.75) is 38.8 Å². The quantitative estimate of drug-likeness (QED) is 0.834. The third-order valence-electron chi connectivity index (χ3n) is 5.04. The Kier molecular flexibility index (Phi) is 5.17. The fraction of sp³-hybridized carbons (Fsp3) is 0.333. The van der Waals surface area contributed by atoms with Gasteiger partial charge in [-0.05, 0) is 24.0 Å². The van der Waals surface area contributed by atoms with E-state index in [9.17, 15) is 14.7 Å². The molecule has 1 aliphatic rings. The summed E-state index contributed by atoms with van der Waals surface area (Å²) in [6.07, 6.45) is 2.16. The Balaban J connectivity index is 1.77. The van der Waals surface area contributed by atoms with Gasteiger partial charge in [-0.1, -0.05) is 67.1 Å². The predicted molar refractivity (Wildman–Crippen MR) is 95.7 cm³/mol. The average Bonchev–Trinajstić information content (AvgIpc) is 2.59. The maximum absolute atomic E-state index is 12.9. The molecule has 3 rings (SSSR count). The van der Waals surface area contributed by atoms with Crippen molar-refractivity contribution in [1.29, 1.82) is 0 Å². The van der Waals surface area contributed by atoms with Crippen LogP contribution in [-0.2, 0) is 22.7 Å². The van der Waals surface area contributed by atoms with Gasteiger partial charge in [0.2, 0.25) is 5.91 Å². The molecule has 0 bridgehead atoms. The summed E-state index contributed by atoms with van der Waals surface area (Å²) in [4.78, 5) is 26.3. The van der Waals surface area contributed by atoms with E-state index in [0.717, 1.165) is 17.5 Å². The van der Waals surface area contributed by atoms with Gasteiger partial charge in [0.25, 0.3) is 0 Å². The number of carboxylic acid groups (broad SMARTS) is 1. The van der Waals surface area contributed by atoms with Gasteiger partial charge in [0.05, 0.1) is 5.41 Å². The standard InChI is InChI=1S/C21H23NO3/c23-19(14-21(20(24)25)12-7-13-21)22(15-17-8-3-1-4-9-17)16-18-10-5-2-6-11-18/h1-6,8-11H,7,12-16H2,(H,24,25). The van der Waals surface area contributed by atoms with Crippen LogP contribution in [-0.4, -0.2) is 21.9 Å². The number of hydrogen-bond acceptors (Lipinski definition) is 2. The Morgan fingerprint density at radius 1 is 0.880 bits per heavy atom. The van der Waals surface area contributed by atoms with Crippen LogP contribution in [0.4, 0.5) is 0 Å². The average molecular weight is 337 g/mol. The molecule has 2 aromatic carbocycles. The van der Waals surface area contributed by atoms with Crippen molar-refractivity contribution in [3.05, 3.63) is 71.8 Å². The molecule has 0 saturated heterocycles. The fourth-order valence-electron chi connectivity index (χ4n) is 3.31. The van der Waals surface area contributed by atoms with Crippen LogP contribution in [0.5, 0.6) is 0 Å². The van der Waals surface area contributed by atoms with Crippen molar-refractivity contribution in [1.82, 2.24) is 4.90 Å². The highest BCUT2D eigenvalue weighted by molar-refractivity contribution is 5.85. The normalized spacial score (nSPS) is 15.2. The molecule has 1 fully saturated rings. The van der Waals surface area contributed by atoms with Crippen molar-refractivity contribution in [2.75, 3.05) is 0 Å². The first-order valence-electron chi connectivity index (χ1n) is 8.68. The van der Waals surface area contributed by atoms with Gasteiger partial charge in [-0.15, -0.1) is 0 Å². The number of benzene rings is 2. The Hall–Kier alpha value is -2.62. The molecule has 0 radical (unpaired) electrons. The van der Waals surface area contributed by atoms with Crippen molar-refractivity contribution >= 4 is 11.9 Å². The zero-order valence-electron chi connectivity index (χ0n) is 14.2. The van der Waals surface area contributed by atoms with Crippen molar-refractivity contribution in [3.8, 4) is 0 Å². The monoisotopic (exact) mass is 337 g/mol. The maximum Gasteiger partial charge on any atom is 0.310 e. The van der Waals surface area contributed by atoms with Crippen LogP contribution in [0.3, 0.4) is 0 Å². The van der Waals surface area contributed by atoms with E-state index in [1.54, 1.807) is 4.90 Å². The van der Waals surface area contributed by atoms with E-state index in [2.05, 4.69) is 0 Å². The summed E-state index contributed by atoms with van der Waals surface area (Å²) in [6.45, 7) is 0.981. The topological polar surface area (TPSA) is 57.6 Å². The van der Waals surface area contributed by atoms with Gasteiger partial charge >= 0.3 is 5.97 Å². The van der Waals surface area contributed by atoms with Gasteiger partial charge in [0.15, 0.2) is 0 Å². The molecule has 0 unspecified atom stereocenters.